The lowest BCUT2D eigenvalue weighted by atomic mass is 9.79. The maximum atomic E-state index is 12.5. The highest BCUT2D eigenvalue weighted by Crippen LogP contribution is 2.33. The number of rotatable bonds is 3. The molecule has 2 aliphatic rings. The second-order valence-corrected chi connectivity index (χ2v) is 7.72. The van der Waals surface area contributed by atoms with Crippen molar-refractivity contribution in [1.82, 2.24) is 20.2 Å². The number of nitrogens with one attached hydrogen (secondary N) is 3. The van der Waals surface area contributed by atoms with E-state index in [1.165, 1.54) is 0 Å². The number of fused-ring (bicyclic) bond motifs is 1. The van der Waals surface area contributed by atoms with E-state index in [4.69, 9.17) is 0 Å². The highest BCUT2D eigenvalue weighted by atomic mass is 32.2. The van der Waals surface area contributed by atoms with E-state index in [9.17, 15) is 8.42 Å². The predicted octanol–water partition coefficient (Wildman–Crippen LogP) is 0.693. The van der Waals surface area contributed by atoms with E-state index < -0.39 is 10.0 Å². The lowest BCUT2D eigenvalue weighted by Gasteiger charge is -2.31. The van der Waals surface area contributed by atoms with Gasteiger partial charge >= 0.3 is 0 Å². The minimum atomic E-state index is -3.47. The number of hydrogen-bond acceptors (Lipinski definition) is 4. The van der Waals surface area contributed by atoms with Crippen LogP contribution in [-0.2, 0) is 10.0 Å². The Morgan fingerprint density at radius 1 is 1.20 bits per heavy atom. The smallest absolute Gasteiger partial charge is 0.244 e. The van der Waals surface area contributed by atoms with Crippen molar-refractivity contribution in [3.8, 4) is 0 Å². The molecule has 20 heavy (non-hydrogen) atoms. The molecule has 7 heteroatoms. The first-order valence-electron chi connectivity index (χ1n) is 7.22. The first-order valence-corrected chi connectivity index (χ1v) is 8.70. The van der Waals surface area contributed by atoms with Crippen molar-refractivity contribution >= 4 is 10.0 Å². The highest BCUT2D eigenvalue weighted by Gasteiger charge is 2.36. The van der Waals surface area contributed by atoms with Gasteiger partial charge in [-0.15, -0.1) is 0 Å². The summed E-state index contributed by atoms with van der Waals surface area (Å²) in [6.07, 6.45) is 2.97. The van der Waals surface area contributed by atoms with E-state index in [0.29, 0.717) is 22.2 Å². The molecule has 0 spiro atoms. The van der Waals surface area contributed by atoms with Crippen molar-refractivity contribution in [1.29, 1.82) is 0 Å². The summed E-state index contributed by atoms with van der Waals surface area (Å²) in [7, 11) is -3.47. The third-order valence-electron chi connectivity index (χ3n) is 4.60. The zero-order valence-corrected chi connectivity index (χ0v) is 12.8. The van der Waals surface area contributed by atoms with Crippen molar-refractivity contribution in [3.63, 3.8) is 0 Å². The summed E-state index contributed by atoms with van der Waals surface area (Å²) < 4.78 is 27.9. The van der Waals surface area contributed by atoms with Crippen molar-refractivity contribution in [2.75, 3.05) is 13.1 Å². The van der Waals surface area contributed by atoms with Gasteiger partial charge in [-0.05, 0) is 58.0 Å². The van der Waals surface area contributed by atoms with Gasteiger partial charge in [0.05, 0.1) is 11.4 Å². The molecule has 1 unspecified atom stereocenters. The number of aromatic amines is 1. The summed E-state index contributed by atoms with van der Waals surface area (Å²) in [5, 5.41) is 10.1. The van der Waals surface area contributed by atoms with E-state index >= 15 is 0 Å². The number of hydrogen-bond donors (Lipinski definition) is 3. The Morgan fingerprint density at radius 2 is 1.95 bits per heavy atom. The summed E-state index contributed by atoms with van der Waals surface area (Å²) in [4.78, 5) is 0.309. The van der Waals surface area contributed by atoms with E-state index in [0.717, 1.165) is 38.3 Å². The van der Waals surface area contributed by atoms with Crippen LogP contribution < -0.4 is 10.0 Å². The molecule has 3 atom stereocenters. The molecular formula is C13H22N4O2S. The van der Waals surface area contributed by atoms with Crippen molar-refractivity contribution in [2.45, 2.75) is 44.0 Å². The van der Waals surface area contributed by atoms with Gasteiger partial charge in [-0.25, -0.2) is 13.1 Å². The standard InChI is InChI=1S/C13H22N4O2S/c1-8-13(9(2)16-15-8)20(18,19)17-12-4-3-10-6-14-7-11(10)5-12/h10-12,14,17H,3-7H2,1-2H3,(H,15,16)/t10-,11+,12?/m0/s1. The summed E-state index contributed by atoms with van der Waals surface area (Å²) in [5.41, 5.74) is 1.14. The van der Waals surface area contributed by atoms with Gasteiger partial charge in [0.15, 0.2) is 0 Å². The van der Waals surface area contributed by atoms with Gasteiger partial charge in [0, 0.05) is 6.04 Å². The molecule has 1 saturated carbocycles. The normalized spacial score (nSPS) is 30.4. The Morgan fingerprint density at radius 3 is 2.65 bits per heavy atom. The molecule has 3 rings (SSSR count). The predicted molar refractivity (Wildman–Crippen MR) is 75.9 cm³/mol. The summed E-state index contributed by atoms with van der Waals surface area (Å²) in [6.45, 7) is 5.57. The van der Waals surface area contributed by atoms with E-state index in [2.05, 4.69) is 20.2 Å². The fraction of sp³-hybridized carbons (Fsp3) is 0.769. The molecule has 3 N–H and O–H groups in total. The summed E-state index contributed by atoms with van der Waals surface area (Å²) >= 11 is 0. The molecule has 0 amide bonds. The second kappa shape index (κ2) is 5.13. The minimum absolute atomic E-state index is 0.0508. The molecule has 2 fully saturated rings. The van der Waals surface area contributed by atoms with Crippen LogP contribution in [0.4, 0.5) is 0 Å². The number of H-pyrrole nitrogens is 1. The molecule has 0 aromatic carbocycles. The summed E-state index contributed by atoms with van der Waals surface area (Å²) in [6, 6.07) is 0.0508. The van der Waals surface area contributed by atoms with Gasteiger partial charge in [-0.2, -0.15) is 5.10 Å². The first-order chi connectivity index (χ1) is 9.47. The maximum absolute atomic E-state index is 12.5. The molecule has 1 saturated heterocycles. The molecule has 2 heterocycles. The molecule has 0 bridgehead atoms. The lowest BCUT2D eigenvalue weighted by molar-refractivity contribution is 0.260. The number of aromatic nitrogens is 2. The SMILES string of the molecule is Cc1n[nH]c(C)c1S(=O)(=O)NC1CC[C@H]2CNC[C@H]2C1. The summed E-state index contributed by atoms with van der Waals surface area (Å²) in [5.74, 6) is 1.34. The Labute approximate surface area is 119 Å². The third kappa shape index (κ3) is 2.49. The van der Waals surface area contributed by atoms with Gasteiger partial charge in [-0.3, -0.25) is 5.10 Å². The van der Waals surface area contributed by atoms with Crippen LogP contribution in [0, 0.1) is 25.7 Å². The topological polar surface area (TPSA) is 86.9 Å². The fourth-order valence-corrected chi connectivity index (χ4v) is 5.28. The Hall–Kier alpha value is -0.920. The average Bonchev–Trinajstić information content (AvgIpc) is 2.95. The number of sulfonamides is 1. The molecule has 6 nitrogen and oxygen atoms in total. The third-order valence-corrected chi connectivity index (χ3v) is 6.39. The van der Waals surface area contributed by atoms with Gasteiger partial charge in [-0.1, -0.05) is 0 Å². The van der Waals surface area contributed by atoms with E-state index in [1.807, 2.05) is 0 Å². The van der Waals surface area contributed by atoms with Crippen LogP contribution >= 0.6 is 0 Å². The van der Waals surface area contributed by atoms with Crippen LogP contribution in [-0.4, -0.2) is 37.7 Å². The molecule has 0 radical (unpaired) electrons. The van der Waals surface area contributed by atoms with E-state index in [1.54, 1.807) is 13.8 Å². The second-order valence-electron chi connectivity index (χ2n) is 6.07. The van der Waals surface area contributed by atoms with Crippen molar-refractivity contribution in [2.24, 2.45) is 11.8 Å². The Balaban J connectivity index is 1.74. The van der Waals surface area contributed by atoms with Crippen LogP contribution in [0.25, 0.3) is 0 Å². The van der Waals surface area contributed by atoms with Crippen LogP contribution in [0.2, 0.25) is 0 Å². The molecule has 1 aromatic heterocycles. The highest BCUT2D eigenvalue weighted by molar-refractivity contribution is 7.89. The first kappa shape index (κ1) is 14.0. The zero-order chi connectivity index (χ0) is 14.3. The van der Waals surface area contributed by atoms with Crippen LogP contribution in [0.3, 0.4) is 0 Å². The van der Waals surface area contributed by atoms with Gasteiger partial charge in [0.25, 0.3) is 0 Å². The largest absolute Gasteiger partial charge is 0.316 e. The molecule has 1 aliphatic heterocycles. The number of aryl methyl sites for hydroxylation is 2. The van der Waals surface area contributed by atoms with Gasteiger partial charge < -0.3 is 5.32 Å². The lowest BCUT2D eigenvalue weighted by Crippen LogP contribution is -2.40. The quantitative estimate of drug-likeness (QED) is 0.766. The Kier molecular flexibility index (Phi) is 3.60. The monoisotopic (exact) mass is 298 g/mol. The van der Waals surface area contributed by atoms with Crippen LogP contribution in [0.5, 0.6) is 0 Å². The average molecular weight is 298 g/mol. The van der Waals surface area contributed by atoms with Crippen LogP contribution in [0.1, 0.15) is 30.7 Å². The molecule has 1 aromatic rings. The van der Waals surface area contributed by atoms with E-state index in [-0.39, 0.29) is 6.04 Å². The molecule has 112 valence electrons. The Bertz CT molecular complexity index is 576. The van der Waals surface area contributed by atoms with Gasteiger partial charge in [0.1, 0.15) is 4.90 Å². The van der Waals surface area contributed by atoms with Crippen molar-refractivity contribution in [3.05, 3.63) is 11.4 Å². The zero-order valence-electron chi connectivity index (χ0n) is 11.9. The fourth-order valence-electron chi connectivity index (χ4n) is 3.62. The van der Waals surface area contributed by atoms with Crippen molar-refractivity contribution < 1.29 is 8.42 Å². The molecule has 1 aliphatic carbocycles. The number of nitrogens with zero attached hydrogens (tertiary/aromatic N) is 1. The van der Waals surface area contributed by atoms with Crippen LogP contribution in [0.15, 0.2) is 4.90 Å². The molecular weight excluding hydrogens is 276 g/mol. The maximum Gasteiger partial charge on any atom is 0.244 e. The minimum Gasteiger partial charge on any atom is -0.316 e. The van der Waals surface area contributed by atoms with Gasteiger partial charge in [0.2, 0.25) is 10.0 Å².